The van der Waals surface area contributed by atoms with Crippen molar-refractivity contribution < 1.29 is 20.1 Å². The molecule has 0 radical (unpaired) electrons. The fraction of sp³-hybridized carbons (Fsp3) is 0.167. The summed E-state index contributed by atoms with van der Waals surface area (Å²) in [5, 5.41) is 30.7. The quantitative estimate of drug-likeness (QED) is 0.669. The molecule has 0 spiro atoms. The first-order valence-electron chi connectivity index (χ1n) is 7.37. The van der Waals surface area contributed by atoms with Crippen LogP contribution in [0.3, 0.4) is 0 Å². The van der Waals surface area contributed by atoms with Gasteiger partial charge in [0.2, 0.25) is 0 Å². The minimum Gasteiger partial charge on any atom is -0.508 e. The lowest BCUT2D eigenvalue weighted by molar-refractivity contribution is 0.0845. The van der Waals surface area contributed by atoms with E-state index in [1.807, 2.05) is 0 Å². The largest absolute Gasteiger partial charge is 0.508 e. The highest BCUT2D eigenvalue weighted by atomic mass is 16.5. The number of phenols is 2. The fourth-order valence-electron chi connectivity index (χ4n) is 2.70. The molecule has 3 aromatic rings. The van der Waals surface area contributed by atoms with Gasteiger partial charge in [-0.05, 0) is 35.4 Å². The van der Waals surface area contributed by atoms with Crippen LogP contribution in [0.15, 0.2) is 60.9 Å². The van der Waals surface area contributed by atoms with Crippen LogP contribution in [-0.4, -0.2) is 32.0 Å². The second kappa shape index (κ2) is 6.35. The van der Waals surface area contributed by atoms with Crippen LogP contribution in [0.2, 0.25) is 0 Å². The van der Waals surface area contributed by atoms with Crippen molar-refractivity contribution in [2.24, 2.45) is 0 Å². The Bertz CT molecular complexity index is 764. The number of aromatic nitrogens is 2. The van der Waals surface area contributed by atoms with Crippen LogP contribution in [0.5, 0.6) is 11.5 Å². The molecule has 0 aliphatic heterocycles. The Morgan fingerprint density at radius 2 is 1.46 bits per heavy atom. The molecule has 0 amide bonds. The van der Waals surface area contributed by atoms with Crippen LogP contribution in [0.25, 0.3) is 0 Å². The highest BCUT2D eigenvalue weighted by molar-refractivity contribution is 5.45. The van der Waals surface area contributed by atoms with E-state index in [0.717, 1.165) is 0 Å². The monoisotopic (exact) mass is 326 g/mol. The number of nitrogens with zero attached hydrogens (tertiary/aromatic N) is 2. The summed E-state index contributed by atoms with van der Waals surface area (Å²) in [5.74, 6) is 0.583. The zero-order valence-corrected chi connectivity index (χ0v) is 13.1. The Morgan fingerprint density at radius 3 is 1.92 bits per heavy atom. The summed E-state index contributed by atoms with van der Waals surface area (Å²) in [7, 11) is 1.56. The molecule has 0 saturated heterocycles. The van der Waals surface area contributed by atoms with Crippen molar-refractivity contribution >= 4 is 0 Å². The first-order chi connectivity index (χ1) is 11.6. The van der Waals surface area contributed by atoms with Gasteiger partial charge < -0.3 is 24.6 Å². The molecule has 124 valence electrons. The van der Waals surface area contributed by atoms with Crippen molar-refractivity contribution in [2.45, 2.75) is 12.3 Å². The second-order valence-corrected chi connectivity index (χ2v) is 5.44. The molecule has 0 bridgehead atoms. The van der Waals surface area contributed by atoms with Gasteiger partial charge >= 0.3 is 0 Å². The van der Waals surface area contributed by atoms with E-state index in [1.54, 1.807) is 48.3 Å². The van der Waals surface area contributed by atoms with Crippen molar-refractivity contribution in [3.05, 3.63) is 77.9 Å². The van der Waals surface area contributed by atoms with Crippen molar-refractivity contribution in [3.63, 3.8) is 0 Å². The van der Waals surface area contributed by atoms with Crippen molar-refractivity contribution in [1.29, 1.82) is 0 Å². The second-order valence-electron chi connectivity index (χ2n) is 5.44. The van der Waals surface area contributed by atoms with Gasteiger partial charge in [0.15, 0.2) is 11.4 Å². The van der Waals surface area contributed by atoms with E-state index in [2.05, 4.69) is 4.98 Å². The zero-order chi connectivity index (χ0) is 17.2. The number of benzene rings is 2. The van der Waals surface area contributed by atoms with Crippen LogP contribution < -0.4 is 0 Å². The third-order valence-corrected chi connectivity index (χ3v) is 3.88. The third kappa shape index (κ3) is 2.73. The first-order valence-corrected chi connectivity index (χ1v) is 7.37. The van der Waals surface area contributed by atoms with E-state index in [1.165, 1.54) is 24.3 Å². The van der Waals surface area contributed by atoms with E-state index in [9.17, 15) is 15.3 Å². The lowest BCUT2D eigenvalue weighted by Gasteiger charge is -2.29. The smallest absolute Gasteiger partial charge is 0.173 e. The maximum absolute atomic E-state index is 11.6. The highest BCUT2D eigenvalue weighted by Gasteiger charge is 2.38. The molecule has 0 fully saturated rings. The molecule has 0 saturated carbocycles. The SMILES string of the molecule is COCn1ccnc1C(O)(c1ccc(O)cc1)c1ccc(O)cc1. The summed E-state index contributed by atoms with van der Waals surface area (Å²) in [6, 6.07) is 12.5. The van der Waals surface area contributed by atoms with Gasteiger partial charge in [0.05, 0.1) is 0 Å². The summed E-state index contributed by atoms with van der Waals surface area (Å²) >= 11 is 0. The number of ether oxygens (including phenoxy) is 1. The van der Waals surface area contributed by atoms with Gasteiger partial charge in [-0.25, -0.2) is 4.98 Å². The van der Waals surface area contributed by atoms with Crippen molar-refractivity contribution in [3.8, 4) is 11.5 Å². The van der Waals surface area contributed by atoms with Crippen LogP contribution >= 0.6 is 0 Å². The number of aliphatic hydroxyl groups is 1. The molecule has 1 aromatic heterocycles. The summed E-state index contributed by atoms with van der Waals surface area (Å²) < 4.78 is 6.86. The number of rotatable bonds is 5. The molecule has 6 nitrogen and oxygen atoms in total. The fourth-order valence-corrected chi connectivity index (χ4v) is 2.70. The minimum absolute atomic E-state index is 0.104. The van der Waals surface area contributed by atoms with Crippen LogP contribution in [0, 0.1) is 0 Å². The molecule has 0 atom stereocenters. The Kier molecular flexibility index (Phi) is 4.24. The number of imidazole rings is 1. The summed E-state index contributed by atoms with van der Waals surface area (Å²) in [6.45, 7) is 0.230. The number of methoxy groups -OCH3 is 1. The minimum atomic E-state index is -1.57. The Hall–Kier alpha value is -2.83. The van der Waals surface area contributed by atoms with Crippen LogP contribution in [0.4, 0.5) is 0 Å². The molecule has 6 heteroatoms. The molecule has 3 N–H and O–H groups in total. The van der Waals surface area contributed by atoms with Gasteiger partial charge in [0.1, 0.15) is 18.2 Å². The maximum atomic E-state index is 11.6. The van der Waals surface area contributed by atoms with E-state index in [0.29, 0.717) is 17.0 Å². The molecular weight excluding hydrogens is 308 g/mol. The van der Waals surface area contributed by atoms with Gasteiger partial charge in [-0.15, -0.1) is 0 Å². The lowest BCUT2D eigenvalue weighted by Crippen LogP contribution is -2.32. The number of hydrogen-bond donors (Lipinski definition) is 3. The molecule has 24 heavy (non-hydrogen) atoms. The molecule has 2 aromatic carbocycles. The van der Waals surface area contributed by atoms with Crippen LogP contribution in [0.1, 0.15) is 17.0 Å². The zero-order valence-electron chi connectivity index (χ0n) is 13.1. The Labute approximate surface area is 139 Å². The van der Waals surface area contributed by atoms with Gasteiger partial charge in [-0.3, -0.25) is 0 Å². The summed E-state index contributed by atoms with van der Waals surface area (Å²) in [6.07, 6.45) is 3.30. The Balaban J connectivity index is 2.22. The van der Waals surface area contributed by atoms with Gasteiger partial charge in [-0.1, -0.05) is 24.3 Å². The first kappa shape index (κ1) is 16.0. The van der Waals surface area contributed by atoms with E-state index >= 15 is 0 Å². The molecule has 3 rings (SSSR count). The topological polar surface area (TPSA) is 87.7 Å². The van der Waals surface area contributed by atoms with Gasteiger partial charge in [0.25, 0.3) is 0 Å². The number of phenolic OH excluding ortho intramolecular Hbond substituents is 2. The van der Waals surface area contributed by atoms with Gasteiger partial charge in [0, 0.05) is 19.5 Å². The lowest BCUT2D eigenvalue weighted by atomic mass is 9.85. The van der Waals surface area contributed by atoms with Gasteiger partial charge in [-0.2, -0.15) is 0 Å². The van der Waals surface area contributed by atoms with E-state index in [-0.39, 0.29) is 18.2 Å². The average molecular weight is 326 g/mol. The van der Waals surface area contributed by atoms with Crippen molar-refractivity contribution in [2.75, 3.05) is 7.11 Å². The Morgan fingerprint density at radius 1 is 0.958 bits per heavy atom. The predicted molar refractivity (Wildman–Crippen MR) is 87.6 cm³/mol. The number of aromatic hydroxyl groups is 2. The normalized spacial score (nSPS) is 11.6. The maximum Gasteiger partial charge on any atom is 0.173 e. The average Bonchev–Trinajstić information content (AvgIpc) is 3.05. The predicted octanol–water partition coefficient (Wildman–Crippen LogP) is 2.18. The molecule has 0 aliphatic carbocycles. The number of hydrogen-bond acceptors (Lipinski definition) is 5. The molecule has 1 heterocycles. The van der Waals surface area contributed by atoms with E-state index < -0.39 is 5.60 Å². The standard InChI is InChI=1S/C18H18N2O4/c1-24-12-20-11-10-19-17(20)18(23,13-2-6-15(21)7-3-13)14-4-8-16(22)9-5-14/h2-11,21-23H,12H2,1H3. The molecule has 0 aliphatic rings. The van der Waals surface area contributed by atoms with E-state index in [4.69, 9.17) is 4.74 Å². The molecule has 0 unspecified atom stereocenters. The van der Waals surface area contributed by atoms with Crippen molar-refractivity contribution in [1.82, 2.24) is 9.55 Å². The summed E-state index contributed by atoms with van der Waals surface area (Å²) in [5.41, 5.74) is -0.493. The summed E-state index contributed by atoms with van der Waals surface area (Å²) in [4.78, 5) is 4.31. The highest BCUT2D eigenvalue weighted by Crippen LogP contribution is 2.37. The molecular formula is C18H18N2O4. The van der Waals surface area contributed by atoms with Crippen LogP contribution in [-0.2, 0) is 17.1 Å². The third-order valence-electron chi connectivity index (χ3n) is 3.88.